The molecule has 1 amide bonds. The molecule has 0 unspecified atom stereocenters. The van der Waals surface area contributed by atoms with Crippen molar-refractivity contribution in [3.8, 4) is 5.75 Å². The van der Waals surface area contributed by atoms with E-state index < -0.39 is 22.7 Å². The Labute approximate surface area is 204 Å². The van der Waals surface area contributed by atoms with Crippen LogP contribution in [0.1, 0.15) is 37.4 Å². The number of aliphatic hydroxyl groups is 1. The van der Waals surface area contributed by atoms with Gasteiger partial charge in [-0.3, -0.25) is 19.7 Å². The molecule has 0 spiro atoms. The van der Waals surface area contributed by atoms with Gasteiger partial charge < -0.3 is 19.6 Å². The van der Waals surface area contributed by atoms with Gasteiger partial charge in [-0.15, -0.1) is 0 Å². The first kappa shape index (κ1) is 25.9. The summed E-state index contributed by atoms with van der Waals surface area (Å²) in [4.78, 5) is 40.3. The van der Waals surface area contributed by atoms with Crippen LogP contribution in [-0.2, 0) is 9.59 Å². The average Bonchev–Trinajstić information content (AvgIpc) is 3.07. The minimum absolute atomic E-state index is 0.0869. The molecular formula is C26H31N3O6. The van der Waals surface area contributed by atoms with Gasteiger partial charge in [-0.2, -0.15) is 0 Å². The maximum absolute atomic E-state index is 13.1. The van der Waals surface area contributed by atoms with Gasteiger partial charge in [0.25, 0.3) is 17.4 Å². The van der Waals surface area contributed by atoms with Gasteiger partial charge in [0.2, 0.25) is 0 Å². The summed E-state index contributed by atoms with van der Waals surface area (Å²) in [6, 6.07) is 11.5. The SMILES string of the molecule is CC(C)COc1ccc(/C(O)=C2\C(=O)C(=O)N(CCCN(C)C)[C@H]2c2cccc([N+](=O)[O-])c2)cc1. The Morgan fingerprint density at radius 2 is 1.86 bits per heavy atom. The number of ether oxygens (including phenoxy) is 1. The molecule has 3 rings (SSSR count). The van der Waals surface area contributed by atoms with E-state index in [1.165, 1.54) is 23.1 Å². The third-order valence-electron chi connectivity index (χ3n) is 5.65. The fourth-order valence-electron chi connectivity index (χ4n) is 3.95. The minimum atomic E-state index is -0.936. The Bertz CT molecular complexity index is 1120. The molecule has 1 N–H and O–H groups in total. The standard InChI is InChI=1S/C26H31N3O6/c1-17(2)16-35-21-11-9-18(10-12-21)24(30)22-23(19-7-5-8-20(15-19)29(33)34)28(26(32)25(22)31)14-6-13-27(3)4/h5,7-12,15,17,23,30H,6,13-14,16H2,1-4H3/b24-22+/t23-/m0/s1. The van der Waals surface area contributed by atoms with Gasteiger partial charge in [0, 0.05) is 24.2 Å². The molecule has 2 aromatic rings. The number of amides is 1. The topological polar surface area (TPSA) is 113 Å². The predicted molar refractivity (Wildman–Crippen MR) is 132 cm³/mol. The van der Waals surface area contributed by atoms with Crippen LogP contribution < -0.4 is 4.74 Å². The normalized spacial score (nSPS) is 17.4. The van der Waals surface area contributed by atoms with Gasteiger partial charge in [0.15, 0.2) is 0 Å². The van der Waals surface area contributed by atoms with Crippen molar-refractivity contribution in [3.05, 3.63) is 75.3 Å². The fourth-order valence-corrected chi connectivity index (χ4v) is 3.95. The maximum atomic E-state index is 13.1. The molecule has 35 heavy (non-hydrogen) atoms. The second-order valence-electron chi connectivity index (χ2n) is 9.23. The fraction of sp³-hybridized carbons (Fsp3) is 0.385. The third-order valence-corrected chi connectivity index (χ3v) is 5.65. The zero-order chi connectivity index (χ0) is 25.7. The molecule has 1 fully saturated rings. The number of nitro groups is 1. The molecule has 0 aliphatic carbocycles. The number of Topliss-reactive ketones (excluding diaryl/α,β-unsaturated/α-hetero) is 1. The van der Waals surface area contributed by atoms with Crippen molar-refractivity contribution in [1.82, 2.24) is 9.80 Å². The van der Waals surface area contributed by atoms with Gasteiger partial charge in [0.1, 0.15) is 11.5 Å². The molecule has 1 heterocycles. The summed E-state index contributed by atoms with van der Waals surface area (Å²) >= 11 is 0. The van der Waals surface area contributed by atoms with Crippen molar-refractivity contribution in [3.63, 3.8) is 0 Å². The molecule has 2 aromatic carbocycles. The van der Waals surface area contributed by atoms with Gasteiger partial charge in [-0.05, 0) is 62.8 Å². The van der Waals surface area contributed by atoms with Crippen LogP contribution in [0.3, 0.4) is 0 Å². The van der Waals surface area contributed by atoms with E-state index in [1.54, 1.807) is 30.3 Å². The molecule has 0 radical (unpaired) electrons. The van der Waals surface area contributed by atoms with Gasteiger partial charge >= 0.3 is 0 Å². The van der Waals surface area contributed by atoms with Gasteiger partial charge in [-0.1, -0.05) is 26.0 Å². The zero-order valence-corrected chi connectivity index (χ0v) is 20.4. The van der Waals surface area contributed by atoms with Gasteiger partial charge in [0.05, 0.1) is 23.1 Å². The molecule has 1 atom stereocenters. The molecule has 9 nitrogen and oxygen atoms in total. The van der Waals surface area contributed by atoms with E-state index in [0.29, 0.717) is 42.4 Å². The Morgan fingerprint density at radius 3 is 2.46 bits per heavy atom. The summed E-state index contributed by atoms with van der Waals surface area (Å²) < 4.78 is 5.68. The van der Waals surface area contributed by atoms with Crippen molar-refractivity contribution < 1.29 is 24.4 Å². The largest absolute Gasteiger partial charge is 0.507 e. The molecule has 0 bridgehead atoms. The molecule has 0 saturated carbocycles. The lowest BCUT2D eigenvalue weighted by Crippen LogP contribution is -2.32. The van der Waals surface area contributed by atoms with Crippen LogP contribution in [0.15, 0.2) is 54.1 Å². The van der Waals surface area contributed by atoms with Crippen molar-refractivity contribution in [2.75, 3.05) is 33.8 Å². The highest BCUT2D eigenvalue weighted by atomic mass is 16.6. The van der Waals surface area contributed by atoms with E-state index >= 15 is 0 Å². The monoisotopic (exact) mass is 481 g/mol. The molecule has 0 aromatic heterocycles. The summed E-state index contributed by atoms with van der Waals surface area (Å²) in [7, 11) is 3.81. The number of carbonyl (C=O) groups is 2. The number of hydrogen-bond donors (Lipinski definition) is 1. The van der Waals surface area contributed by atoms with E-state index in [2.05, 4.69) is 0 Å². The van der Waals surface area contributed by atoms with Crippen LogP contribution in [0.2, 0.25) is 0 Å². The highest BCUT2D eigenvalue weighted by Crippen LogP contribution is 2.40. The summed E-state index contributed by atoms with van der Waals surface area (Å²) in [5.74, 6) is -0.913. The van der Waals surface area contributed by atoms with Crippen LogP contribution in [-0.4, -0.2) is 65.3 Å². The van der Waals surface area contributed by atoms with Crippen LogP contribution in [0, 0.1) is 16.0 Å². The summed E-state index contributed by atoms with van der Waals surface area (Å²) in [5.41, 5.74) is 0.495. The molecule has 1 aliphatic heterocycles. The van der Waals surface area contributed by atoms with E-state index in [4.69, 9.17) is 4.74 Å². The van der Waals surface area contributed by atoms with Gasteiger partial charge in [-0.25, -0.2) is 0 Å². The number of ketones is 1. The van der Waals surface area contributed by atoms with Crippen molar-refractivity contribution in [1.29, 1.82) is 0 Å². The van der Waals surface area contributed by atoms with Crippen LogP contribution >= 0.6 is 0 Å². The van der Waals surface area contributed by atoms with Crippen molar-refractivity contribution >= 4 is 23.1 Å². The maximum Gasteiger partial charge on any atom is 0.295 e. The number of rotatable bonds is 10. The lowest BCUT2D eigenvalue weighted by molar-refractivity contribution is -0.384. The number of nitro benzene ring substituents is 1. The molecular weight excluding hydrogens is 450 g/mol. The number of likely N-dealkylation sites (tertiary alicyclic amines) is 1. The first-order valence-corrected chi connectivity index (χ1v) is 11.5. The predicted octanol–water partition coefficient (Wildman–Crippen LogP) is 4.00. The smallest absolute Gasteiger partial charge is 0.295 e. The van der Waals surface area contributed by atoms with Crippen LogP contribution in [0.4, 0.5) is 5.69 Å². The second kappa shape index (κ2) is 11.1. The number of non-ortho nitro benzene ring substituents is 1. The number of aliphatic hydroxyl groups excluding tert-OH is 1. The van der Waals surface area contributed by atoms with E-state index in [0.717, 1.165) is 0 Å². The number of carbonyl (C=O) groups excluding carboxylic acids is 2. The minimum Gasteiger partial charge on any atom is -0.507 e. The lowest BCUT2D eigenvalue weighted by atomic mass is 9.95. The number of nitrogens with zero attached hydrogens (tertiary/aromatic N) is 3. The Morgan fingerprint density at radius 1 is 1.17 bits per heavy atom. The van der Waals surface area contributed by atoms with E-state index in [9.17, 15) is 24.8 Å². The molecule has 186 valence electrons. The highest BCUT2D eigenvalue weighted by molar-refractivity contribution is 6.46. The first-order chi connectivity index (χ1) is 16.6. The van der Waals surface area contributed by atoms with Crippen molar-refractivity contribution in [2.45, 2.75) is 26.3 Å². The first-order valence-electron chi connectivity index (χ1n) is 11.5. The zero-order valence-electron chi connectivity index (χ0n) is 20.4. The Balaban J connectivity index is 2.04. The molecule has 9 heteroatoms. The third kappa shape index (κ3) is 6.05. The lowest BCUT2D eigenvalue weighted by Gasteiger charge is -2.25. The molecule has 1 aliphatic rings. The Hall–Kier alpha value is -3.72. The number of hydrogen-bond acceptors (Lipinski definition) is 7. The summed E-state index contributed by atoms with van der Waals surface area (Å²) in [6.07, 6.45) is 0.591. The highest BCUT2D eigenvalue weighted by Gasteiger charge is 2.46. The summed E-state index contributed by atoms with van der Waals surface area (Å²) in [6.45, 7) is 5.55. The van der Waals surface area contributed by atoms with Crippen LogP contribution in [0.25, 0.3) is 5.76 Å². The Kier molecular flexibility index (Phi) is 8.24. The average molecular weight is 482 g/mol. The van der Waals surface area contributed by atoms with E-state index in [1.807, 2.05) is 32.8 Å². The van der Waals surface area contributed by atoms with E-state index in [-0.39, 0.29) is 23.6 Å². The second-order valence-corrected chi connectivity index (χ2v) is 9.23. The number of benzene rings is 2. The molecule has 1 saturated heterocycles. The van der Waals surface area contributed by atoms with Crippen LogP contribution in [0.5, 0.6) is 5.75 Å². The van der Waals surface area contributed by atoms with Crippen molar-refractivity contribution in [2.24, 2.45) is 5.92 Å². The summed E-state index contributed by atoms with van der Waals surface area (Å²) in [5, 5.41) is 22.5. The quantitative estimate of drug-likeness (QED) is 0.179.